The molecule has 5 rings (SSSR count). The summed E-state index contributed by atoms with van der Waals surface area (Å²) in [4.78, 5) is 15.0. The molecule has 5 heteroatoms. The molecule has 2 aromatic carbocycles. The van der Waals surface area contributed by atoms with Gasteiger partial charge in [0, 0.05) is 19.1 Å². The van der Waals surface area contributed by atoms with Crippen molar-refractivity contribution < 1.29 is 4.79 Å². The van der Waals surface area contributed by atoms with E-state index in [0.29, 0.717) is 12.3 Å². The summed E-state index contributed by atoms with van der Waals surface area (Å²) in [5.74, 6) is 3.01. The average Bonchev–Trinajstić information content (AvgIpc) is 3.48. The number of hydrogen-bond donors (Lipinski definition) is 2. The van der Waals surface area contributed by atoms with Crippen LogP contribution in [0.1, 0.15) is 56.9 Å². The quantitative estimate of drug-likeness (QED) is 0.457. The third-order valence-electron chi connectivity index (χ3n) is 8.55. The van der Waals surface area contributed by atoms with Gasteiger partial charge in [-0.15, -0.1) is 12.4 Å². The molecule has 1 saturated heterocycles. The summed E-state index contributed by atoms with van der Waals surface area (Å²) in [5, 5.41) is 9.94. The molecule has 0 spiro atoms. The molecule has 3 aliphatic rings. The monoisotopic (exact) mass is 483 g/mol. The molecule has 2 aliphatic carbocycles. The largest absolute Gasteiger partial charge is 0.342 e. The van der Waals surface area contributed by atoms with E-state index < -0.39 is 0 Å². The van der Waals surface area contributed by atoms with Gasteiger partial charge in [0.1, 0.15) is 0 Å². The molecule has 2 aromatic rings. The van der Waals surface area contributed by atoms with Gasteiger partial charge in [-0.1, -0.05) is 48.9 Å². The Morgan fingerprint density at radius 2 is 1.71 bits per heavy atom. The fraction of sp³-hybridized carbons (Fsp3) is 0.621. The molecule has 186 valence electrons. The molecule has 0 radical (unpaired) electrons. The van der Waals surface area contributed by atoms with Crippen LogP contribution in [0, 0.1) is 17.8 Å². The van der Waals surface area contributed by atoms with Crippen LogP contribution in [-0.4, -0.2) is 49.6 Å². The molecule has 2 N–H and O–H groups in total. The maximum absolute atomic E-state index is 12.9. The Kier molecular flexibility index (Phi) is 9.27. The first-order valence-electron chi connectivity index (χ1n) is 13.4. The second-order valence-electron chi connectivity index (χ2n) is 10.8. The highest BCUT2D eigenvalue weighted by Gasteiger charge is 2.38. The van der Waals surface area contributed by atoms with Crippen molar-refractivity contribution in [2.45, 2.75) is 63.8 Å². The van der Waals surface area contributed by atoms with E-state index in [1.54, 1.807) is 0 Å². The van der Waals surface area contributed by atoms with Crippen LogP contribution in [0.2, 0.25) is 0 Å². The number of nitrogens with one attached hydrogen (secondary N) is 2. The van der Waals surface area contributed by atoms with Crippen LogP contribution in [0.4, 0.5) is 0 Å². The van der Waals surface area contributed by atoms with Crippen molar-refractivity contribution in [2.75, 3.05) is 32.7 Å². The van der Waals surface area contributed by atoms with Crippen LogP contribution in [0.15, 0.2) is 42.5 Å². The molecule has 1 heterocycles. The summed E-state index contributed by atoms with van der Waals surface area (Å²) >= 11 is 0. The highest BCUT2D eigenvalue weighted by molar-refractivity contribution is 5.90. The number of amides is 1. The van der Waals surface area contributed by atoms with Gasteiger partial charge >= 0.3 is 0 Å². The third-order valence-corrected chi connectivity index (χ3v) is 8.55. The van der Waals surface area contributed by atoms with Gasteiger partial charge in [0.15, 0.2) is 0 Å². The third kappa shape index (κ3) is 6.33. The Morgan fingerprint density at radius 1 is 0.912 bits per heavy atom. The molecule has 1 aliphatic heterocycles. The number of rotatable bonds is 10. The van der Waals surface area contributed by atoms with E-state index in [9.17, 15) is 4.79 Å². The molecule has 0 aromatic heterocycles. The fourth-order valence-electron chi connectivity index (χ4n) is 6.57. The summed E-state index contributed by atoms with van der Waals surface area (Å²) in [6, 6.07) is 15.5. The number of halogens is 1. The second kappa shape index (κ2) is 12.4. The predicted molar refractivity (Wildman–Crippen MR) is 144 cm³/mol. The van der Waals surface area contributed by atoms with Crippen molar-refractivity contribution in [1.29, 1.82) is 0 Å². The lowest BCUT2D eigenvalue weighted by Crippen LogP contribution is -2.41. The Balaban J connectivity index is 0.00000274. The molecular weight excluding hydrogens is 442 g/mol. The van der Waals surface area contributed by atoms with Crippen LogP contribution >= 0.6 is 12.4 Å². The summed E-state index contributed by atoms with van der Waals surface area (Å²) in [6.45, 7) is 5.23. The number of likely N-dealkylation sites (tertiary alicyclic amines) is 1. The van der Waals surface area contributed by atoms with Gasteiger partial charge < -0.3 is 15.5 Å². The Morgan fingerprint density at radius 3 is 2.50 bits per heavy atom. The second-order valence-corrected chi connectivity index (χ2v) is 10.8. The van der Waals surface area contributed by atoms with Crippen LogP contribution in [0.25, 0.3) is 10.8 Å². The van der Waals surface area contributed by atoms with Gasteiger partial charge in [-0.3, -0.25) is 4.79 Å². The summed E-state index contributed by atoms with van der Waals surface area (Å²) in [6.07, 6.45) is 11.2. The Labute approximate surface area is 211 Å². The van der Waals surface area contributed by atoms with Crippen molar-refractivity contribution in [2.24, 2.45) is 17.8 Å². The highest BCUT2D eigenvalue weighted by atomic mass is 35.5. The smallest absolute Gasteiger partial charge is 0.227 e. The maximum Gasteiger partial charge on any atom is 0.227 e. The minimum absolute atomic E-state index is 0. The number of hydrogen-bond acceptors (Lipinski definition) is 3. The lowest BCUT2D eigenvalue weighted by molar-refractivity contribution is -0.131. The SMILES string of the molecule is Cl.O=C(Cc1cccc2ccccc12)N1CCC(CNCCCCNC2CC3CCC2C3)CC1. The van der Waals surface area contributed by atoms with Gasteiger partial charge in [-0.05, 0) is 98.7 Å². The van der Waals surface area contributed by atoms with Gasteiger partial charge in [0.05, 0.1) is 6.42 Å². The van der Waals surface area contributed by atoms with E-state index in [-0.39, 0.29) is 18.3 Å². The normalized spacial score (nSPS) is 24.5. The van der Waals surface area contributed by atoms with Crippen LogP contribution in [-0.2, 0) is 11.2 Å². The van der Waals surface area contributed by atoms with Gasteiger partial charge in [-0.2, -0.15) is 0 Å². The van der Waals surface area contributed by atoms with Crippen molar-refractivity contribution in [3.63, 3.8) is 0 Å². The van der Waals surface area contributed by atoms with Gasteiger partial charge in [-0.25, -0.2) is 0 Å². The van der Waals surface area contributed by atoms with Crippen molar-refractivity contribution in [1.82, 2.24) is 15.5 Å². The lowest BCUT2D eigenvalue weighted by atomic mass is 9.95. The van der Waals surface area contributed by atoms with E-state index in [4.69, 9.17) is 0 Å². The zero-order chi connectivity index (χ0) is 22.5. The van der Waals surface area contributed by atoms with E-state index in [0.717, 1.165) is 62.5 Å². The minimum atomic E-state index is 0. The van der Waals surface area contributed by atoms with Crippen LogP contribution in [0.3, 0.4) is 0 Å². The minimum Gasteiger partial charge on any atom is -0.342 e. The average molecular weight is 484 g/mol. The number of benzene rings is 2. The summed E-state index contributed by atoms with van der Waals surface area (Å²) in [5.41, 5.74) is 1.15. The topological polar surface area (TPSA) is 44.4 Å². The van der Waals surface area contributed by atoms with E-state index in [2.05, 4.69) is 58.0 Å². The Bertz CT molecular complexity index is 921. The molecule has 3 atom stereocenters. The number of unbranched alkanes of at least 4 members (excludes halogenated alkanes) is 1. The maximum atomic E-state index is 12.9. The zero-order valence-corrected chi connectivity index (χ0v) is 21.3. The molecule has 3 fully saturated rings. The first kappa shape index (κ1) is 25.5. The van der Waals surface area contributed by atoms with Crippen LogP contribution in [0.5, 0.6) is 0 Å². The molecule has 34 heavy (non-hydrogen) atoms. The number of fused-ring (bicyclic) bond motifs is 3. The summed E-state index contributed by atoms with van der Waals surface area (Å²) < 4.78 is 0. The molecule has 3 unspecified atom stereocenters. The molecular formula is C29H42ClN3O. The first-order chi connectivity index (χ1) is 16.3. The fourth-order valence-corrected chi connectivity index (χ4v) is 6.57. The number of piperidine rings is 1. The van der Waals surface area contributed by atoms with E-state index in [1.807, 2.05) is 0 Å². The van der Waals surface area contributed by atoms with Crippen molar-refractivity contribution in [3.05, 3.63) is 48.0 Å². The Hall–Kier alpha value is -1.62. The number of nitrogens with zero attached hydrogens (tertiary/aromatic N) is 1. The standard InChI is InChI=1S/C29H41N3O.ClH/c33-29(20-25-8-5-7-24-6-1-2-9-27(24)25)32-16-12-22(13-17-32)21-30-14-3-4-15-31-28-19-23-10-11-26(28)18-23;/h1-2,5-9,22-23,26,28,30-31H,3-4,10-21H2;1H. The van der Waals surface area contributed by atoms with Crippen LogP contribution < -0.4 is 10.6 Å². The van der Waals surface area contributed by atoms with Gasteiger partial charge in [0.25, 0.3) is 0 Å². The van der Waals surface area contributed by atoms with E-state index in [1.165, 1.54) is 55.8 Å². The molecule has 4 nitrogen and oxygen atoms in total. The lowest BCUT2D eigenvalue weighted by Gasteiger charge is -2.32. The molecule has 2 saturated carbocycles. The van der Waals surface area contributed by atoms with Crippen molar-refractivity contribution >= 4 is 29.1 Å². The number of carbonyl (C=O) groups is 1. The first-order valence-corrected chi connectivity index (χ1v) is 13.4. The zero-order valence-electron chi connectivity index (χ0n) is 20.5. The van der Waals surface area contributed by atoms with E-state index >= 15 is 0 Å². The van der Waals surface area contributed by atoms with Gasteiger partial charge in [0.2, 0.25) is 5.91 Å². The van der Waals surface area contributed by atoms with Crippen molar-refractivity contribution in [3.8, 4) is 0 Å². The predicted octanol–water partition coefficient (Wildman–Crippen LogP) is 5.19. The molecule has 1 amide bonds. The molecule has 2 bridgehead atoms. The highest BCUT2D eigenvalue weighted by Crippen LogP contribution is 2.44. The number of carbonyl (C=O) groups excluding carboxylic acids is 1. The summed E-state index contributed by atoms with van der Waals surface area (Å²) in [7, 11) is 0.